The van der Waals surface area contributed by atoms with E-state index >= 15 is 0 Å². The molecule has 0 saturated carbocycles. The maximum atomic E-state index is 12.7. The fourth-order valence-electron chi connectivity index (χ4n) is 2.59. The molecule has 1 aromatic heterocycles. The molecule has 2 atom stereocenters. The van der Waals surface area contributed by atoms with Crippen LogP contribution in [0.25, 0.3) is 0 Å². The van der Waals surface area contributed by atoms with E-state index in [0.29, 0.717) is 5.56 Å². The summed E-state index contributed by atoms with van der Waals surface area (Å²) >= 11 is 1.10. The fourth-order valence-corrected chi connectivity index (χ4v) is 3.32. The number of amides is 3. The molecule has 1 fully saturated rings. The van der Waals surface area contributed by atoms with Crippen LogP contribution < -0.4 is 10.6 Å². The van der Waals surface area contributed by atoms with Gasteiger partial charge in [0.05, 0.1) is 11.5 Å². The Morgan fingerprint density at radius 2 is 2.04 bits per heavy atom. The summed E-state index contributed by atoms with van der Waals surface area (Å²) in [5.41, 5.74) is -0.247. The molecule has 3 amide bonds. The lowest BCUT2D eigenvalue weighted by atomic mass is 9.95. The number of thioether (sulfide) groups is 1. The molecule has 3 rings (SSSR count). The third-order valence-corrected chi connectivity index (χ3v) is 4.88. The van der Waals surface area contributed by atoms with Crippen molar-refractivity contribution in [1.29, 1.82) is 0 Å². The molecule has 0 aliphatic carbocycles. The normalized spacial score (nSPS) is 20.3. The van der Waals surface area contributed by atoms with E-state index in [0.717, 1.165) is 23.9 Å². The van der Waals surface area contributed by atoms with Gasteiger partial charge in [-0.25, -0.2) is 4.79 Å². The molecule has 1 aliphatic rings. The highest BCUT2D eigenvalue weighted by molar-refractivity contribution is 7.98. The largest absolute Gasteiger partial charge is 0.416 e. The summed E-state index contributed by atoms with van der Waals surface area (Å²) in [5.74, 6) is -0.543. The van der Waals surface area contributed by atoms with Gasteiger partial charge in [0.1, 0.15) is 0 Å². The second kappa shape index (κ2) is 7.59. The van der Waals surface area contributed by atoms with Crippen LogP contribution in [-0.4, -0.2) is 28.2 Å². The smallest absolute Gasteiger partial charge is 0.416 e. The third kappa shape index (κ3) is 4.79. The van der Waals surface area contributed by atoms with Gasteiger partial charge >= 0.3 is 12.2 Å². The van der Waals surface area contributed by atoms with Crippen molar-refractivity contribution in [3.8, 4) is 0 Å². The molecule has 1 aliphatic heterocycles. The van der Waals surface area contributed by atoms with E-state index in [1.54, 1.807) is 13.0 Å². The molecular formula is C16H15F3N4O3S. The number of aromatic nitrogens is 2. The van der Waals surface area contributed by atoms with Crippen molar-refractivity contribution >= 4 is 23.7 Å². The molecule has 2 heterocycles. The SMILES string of the molecule is CC1NC(=O)NC(=O)C1Cc1nnc(SCc2cccc(C(F)(F)F)c2)o1. The van der Waals surface area contributed by atoms with Gasteiger partial charge in [0.15, 0.2) is 0 Å². The molecule has 0 bridgehead atoms. The monoisotopic (exact) mass is 400 g/mol. The first-order valence-electron chi connectivity index (χ1n) is 7.95. The van der Waals surface area contributed by atoms with Crippen LogP contribution in [0.3, 0.4) is 0 Å². The molecule has 0 radical (unpaired) electrons. The first-order valence-corrected chi connectivity index (χ1v) is 8.93. The van der Waals surface area contributed by atoms with Crippen molar-refractivity contribution in [2.24, 2.45) is 5.92 Å². The highest BCUT2D eigenvalue weighted by Gasteiger charge is 2.34. The Balaban J connectivity index is 1.60. The summed E-state index contributed by atoms with van der Waals surface area (Å²) < 4.78 is 43.7. The minimum atomic E-state index is -4.40. The standard InChI is InChI=1S/C16H15F3N4O3S/c1-8-11(13(24)21-14(25)20-8)6-12-22-23-15(26-12)27-7-9-3-2-4-10(5-9)16(17,18)19/h2-5,8,11H,6-7H2,1H3,(H2,20,21,24,25). The summed E-state index contributed by atoms with van der Waals surface area (Å²) in [6.45, 7) is 1.70. The predicted octanol–water partition coefficient (Wildman–Crippen LogP) is 2.77. The molecule has 2 aromatic rings. The number of nitrogens with zero attached hydrogens (tertiary/aromatic N) is 2. The summed E-state index contributed by atoms with van der Waals surface area (Å²) in [6.07, 6.45) is -4.25. The number of urea groups is 1. The van der Waals surface area contributed by atoms with Gasteiger partial charge in [-0.1, -0.05) is 30.0 Å². The van der Waals surface area contributed by atoms with Gasteiger partial charge in [-0.3, -0.25) is 10.1 Å². The molecule has 2 N–H and O–H groups in total. The van der Waals surface area contributed by atoms with Gasteiger partial charge in [-0.15, -0.1) is 10.2 Å². The van der Waals surface area contributed by atoms with Crippen LogP contribution in [0.1, 0.15) is 23.9 Å². The zero-order chi connectivity index (χ0) is 19.6. The molecular weight excluding hydrogens is 385 g/mol. The Bertz CT molecular complexity index is 855. The minimum absolute atomic E-state index is 0.143. The van der Waals surface area contributed by atoms with Crippen LogP contribution in [0, 0.1) is 5.92 Å². The van der Waals surface area contributed by atoms with Crippen molar-refractivity contribution in [3.05, 3.63) is 41.3 Å². The van der Waals surface area contributed by atoms with E-state index in [1.807, 2.05) is 0 Å². The molecule has 7 nitrogen and oxygen atoms in total. The lowest BCUT2D eigenvalue weighted by Crippen LogP contribution is -2.57. The van der Waals surface area contributed by atoms with Crippen LogP contribution in [-0.2, 0) is 23.1 Å². The number of rotatable bonds is 5. The maximum absolute atomic E-state index is 12.7. The zero-order valence-corrected chi connectivity index (χ0v) is 14.9. The Hall–Kier alpha value is -2.56. The van der Waals surface area contributed by atoms with Gasteiger partial charge in [0.2, 0.25) is 11.8 Å². The van der Waals surface area contributed by atoms with Crippen molar-refractivity contribution in [2.75, 3.05) is 0 Å². The number of imide groups is 1. The zero-order valence-electron chi connectivity index (χ0n) is 14.0. The first kappa shape index (κ1) is 19.2. The molecule has 27 heavy (non-hydrogen) atoms. The summed E-state index contributed by atoms with van der Waals surface area (Å²) in [7, 11) is 0. The Morgan fingerprint density at radius 1 is 1.26 bits per heavy atom. The Labute approximate surface area is 156 Å². The molecule has 11 heteroatoms. The third-order valence-electron chi connectivity index (χ3n) is 4.00. The summed E-state index contributed by atoms with van der Waals surface area (Å²) in [5, 5.41) is 12.7. The summed E-state index contributed by atoms with van der Waals surface area (Å²) in [6, 6.07) is 4.06. The molecule has 144 valence electrons. The van der Waals surface area contributed by atoms with Crippen LogP contribution in [0.4, 0.5) is 18.0 Å². The molecule has 1 saturated heterocycles. The lowest BCUT2D eigenvalue weighted by molar-refractivity contribution is -0.137. The Morgan fingerprint density at radius 3 is 2.74 bits per heavy atom. The van der Waals surface area contributed by atoms with E-state index < -0.39 is 29.6 Å². The van der Waals surface area contributed by atoms with E-state index in [-0.39, 0.29) is 29.3 Å². The summed E-state index contributed by atoms with van der Waals surface area (Å²) in [4.78, 5) is 23.1. The predicted molar refractivity (Wildman–Crippen MR) is 88.6 cm³/mol. The topological polar surface area (TPSA) is 97.1 Å². The van der Waals surface area contributed by atoms with Crippen molar-refractivity contribution in [2.45, 2.75) is 36.5 Å². The van der Waals surface area contributed by atoms with Crippen LogP contribution in [0.2, 0.25) is 0 Å². The average molecular weight is 400 g/mol. The van der Waals surface area contributed by atoms with Crippen LogP contribution in [0.5, 0.6) is 0 Å². The van der Waals surface area contributed by atoms with E-state index in [1.165, 1.54) is 6.07 Å². The fraction of sp³-hybridized carbons (Fsp3) is 0.375. The molecule has 1 aromatic carbocycles. The molecule has 2 unspecified atom stereocenters. The number of benzene rings is 1. The van der Waals surface area contributed by atoms with E-state index in [2.05, 4.69) is 20.8 Å². The van der Waals surface area contributed by atoms with Gasteiger partial charge < -0.3 is 9.73 Å². The van der Waals surface area contributed by atoms with Crippen molar-refractivity contribution in [3.63, 3.8) is 0 Å². The number of alkyl halides is 3. The number of carbonyl (C=O) groups excluding carboxylic acids is 2. The number of nitrogens with one attached hydrogen (secondary N) is 2. The van der Waals surface area contributed by atoms with Gasteiger partial charge in [0, 0.05) is 18.2 Å². The number of hydrogen-bond donors (Lipinski definition) is 2. The average Bonchev–Trinajstić information content (AvgIpc) is 3.03. The van der Waals surface area contributed by atoms with Crippen LogP contribution in [0.15, 0.2) is 33.9 Å². The van der Waals surface area contributed by atoms with Crippen molar-refractivity contribution in [1.82, 2.24) is 20.8 Å². The highest BCUT2D eigenvalue weighted by Crippen LogP contribution is 2.31. The molecule has 0 spiro atoms. The van der Waals surface area contributed by atoms with Gasteiger partial charge in [-0.2, -0.15) is 13.2 Å². The second-order valence-corrected chi connectivity index (χ2v) is 6.94. The quantitative estimate of drug-likeness (QED) is 0.749. The lowest BCUT2D eigenvalue weighted by Gasteiger charge is -2.27. The van der Waals surface area contributed by atoms with Gasteiger partial charge in [0.25, 0.3) is 5.22 Å². The first-order chi connectivity index (χ1) is 12.7. The number of halogens is 3. The number of carbonyl (C=O) groups is 2. The minimum Gasteiger partial charge on any atom is -0.416 e. The Kier molecular flexibility index (Phi) is 5.40. The van der Waals surface area contributed by atoms with Gasteiger partial charge in [-0.05, 0) is 18.6 Å². The second-order valence-electron chi connectivity index (χ2n) is 6.01. The van der Waals surface area contributed by atoms with E-state index in [9.17, 15) is 22.8 Å². The van der Waals surface area contributed by atoms with E-state index in [4.69, 9.17) is 4.42 Å². The highest BCUT2D eigenvalue weighted by atomic mass is 32.2. The number of hydrogen-bond acceptors (Lipinski definition) is 6. The van der Waals surface area contributed by atoms with Crippen LogP contribution >= 0.6 is 11.8 Å². The van der Waals surface area contributed by atoms with Crippen molar-refractivity contribution < 1.29 is 27.2 Å². The maximum Gasteiger partial charge on any atom is 0.416 e.